The molecule has 0 bridgehead atoms. The Kier molecular flexibility index (Phi) is 5.98. The second kappa shape index (κ2) is 7.50. The van der Waals surface area contributed by atoms with Crippen molar-refractivity contribution in [3.63, 3.8) is 0 Å². The number of rotatable bonds is 7. The van der Waals surface area contributed by atoms with Crippen LogP contribution < -0.4 is 16.8 Å². The second-order valence-corrected chi connectivity index (χ2v) is 4.37. The summed E-state index contributed by atoms with van der Waals surface area (Å²) in [6.07, 6.45) is 0.858. The monoisotopic (exact) mass is 264 g/mol. The summed E-state index contributed by atoms with van der Waals surface area (Å²) < 4.78 is 0. The molecule has 0 aliphatic heterocycles. The van der Waals surface area contributed by atoms with Crippen molar-refractivity contribution in [2.45, 2.75) is 6.42 Å². The molecule has 0 atom stereocenters. The second-order valence-electron chi connectivity index (χ2n) is 4.37. The molecule has 0 saturated carbocycles. The van der Waals surface area contributed by atoms with E-state index in [-0.39, 0.29) is 5.91 Å². The number of amides is 2. The van der Waals surface area contributed by atoms with Gasteiger partial charge in [-0.25, -0.2) is 0 Å². The number of hydrogen-bond acceptors (Lipinski definition) is 4. The van der Waals surface area contributed by atoms with Crippen LogP contribution in [0.4, 0.5) is 5.69 Å². The molecule has 0 saturated heterocycles. The van der Waals surface area contributed by atoms with E-state index in [9.17, 15) is 9.59 Å². The van der Waals surface area contributed by atoms with Crippen molar-refractivity contribution in [2.24, 2.45) is 11.5 Å². The summed E-state index contributed by atoms with van der Waals surface area (Å²) >= 11 is 0. The van der Waals surface area contributed by atoms with Gasteiger partial charge in [-0.1, -0.05) is 0 Å². The lowest BCUT2D eigenvalue weighted by Gasteiger charge is -2.15. The summed E-state index contributed by atoms with van der Waals surface area (Å²) in [6.45, 7) is 1.70. The first-order chi connectivity index (χ1) is 9.02. The van der Waals surface area contributed by atoms with Crippen LogP contribution in [0, 0.1) is 0 Å². The average Bonchev–Trinajstić information content (AvgIpc) is 2.36. The standard InChI is InChI=1S/C13H20N4O2/c1-17(8-2-7-14)9-12(18)16-11-5-3-10(4-6-11)13(15)19/h3-6H,2,7-9,14H2,1H3,(H2,15,19)(H,16,18). The number of carbonyl (C=O) groups excluding carboxylic acids is 2. The molecule has 6 nitrogen and oxygen atoms in total. The third-order valence-corrected chi connectivity index (χ3v) is 2.61. The number of benzene rings is 1. The molecule has 1 aromatic carbocycles. The fourth-order valence-electron chi connectivity index (χ4n) is 1.60. The van der Waals surface area contributed by atoms with Crippen LogP contribution in [0.3, 0.4) is 0 Å². The lowest BCUT2D eigenvalue weighted by molar-refractivity contribution is -0.117. The lowest BCUT2D eigenvalue weighted by atomic mass is 10.2. The van der Waals surface area contributed by atoms with Crippen LogP contribution in [0.15, 0.2) is 24.3 Å². The third kappa shape index (κ3) is 5.50. The molecule has 0 unspecified atom stereocenters. The van der Waals surface area contributed by atoms with Gasteiger partial charge in [0, 0.05) is 11.3 Å². The zero-order valence-corrected chi connectivity index (χ0v) is 11.1. The fraction of sp³-hybridized carbons (Fsp3) is 0.385. The quantitative estimate of drug-likeness (QED) is 0.645. The van der Waals surface area contributed by atoms with E-state index in [1.54, 1.807) is 24.3 Å². The molecule has 0 aromatic heterocycles. The van der Waals surface area contributed by atoms with Gasteiger partial charge < -0.3 is 16.8 Å². The summed E-state index contributed by atoms with van der Waals surface area (Å²) in [5, 5.41) is 2.75. The van der Waals surface area contributed by atoms with E-state index in [1.807, 2.05) is 11.9 Å². The molecule has 6 heteroatoms. The van der Waals surface area contributed by atoms with Crippen molar-refractivity contribution in [3.8, 4) is 0 Å². The number of primary amides is 1. The van der Waals surface area contributed by atoms with Crippen molar-refractivity contribution in [1.29, 1.82) is 0 Å². The molecule has 2 amide bonds. The van der Waals surface area contributed by atoms with Gasteiger partial charge in [0.25, 0.3) is 0 Å². The molecule has 0 heterocycles. The number of likely N-dealkylation sites (N-methyl/N-ethyl adjacent to an activating group) is 1. The molecule has 104 valence electrons. The zero-order valence-electron chi connectivity index (χ0n) is 11.1. The maximum atomic E-state index is 11.7. The molecular formula is C13H20N4O2. The van der Waals surface area contributed by atoms with Gasteiger partial charge in [0.15, 0.2) is 0 Å². The van der Waals surface area contributed by atoms with Crippen LogP contribution in [0.5, 0.6) is 0 Å². The topological polar surface area (TPSA) is 101 Å². The maximum Gasteiger partial charge on any atom is 0.248 e. The molecule has 0 aliphatic rings. The van der Waals surface area contributed by atoms with E-state index in [4.69, 9.17) is 11.5 Å². The van der Waals surface area contributed by atoms with Gasteiger partial charge in [-0.05, 0) is 50.8 Å². The average molecular weight is 264 g/mol. The van der Waals surface area contributed by atoms with E-state index in [2.05, 4.69) is 5.32 Å². The first kappa shape index (κ1) is 15.1. The summed E-state index contributed by atoms with van der Waals surface area (Å²) in [6, 6.07) is 6.46. The number of anilines is 1. The highest BCUT2D eigenvalue weighted by molar-refractivity contribution is 5.95. The van der Waals surface area contributed by atoms with Crippen molar-refractivity contribution >= 4 is 17.5 Å². The SMILES string of the molecule is CN(CCCN)CC(=O)Nc1ccc(C(N)=O)cc1. The van der Waals surface area contributed by atoms with Crippen molar-refractivity contribution < 1.29 is 9.59 Å². The predicted molar refractivity (Wildman–Crippen MR) is 74.8 cm³/mol. The van der Waals surface area contributed by atoms with E-state index in [1.165, 1.54) is 0 Å². The number of carbonyl (C=O) groups is 2. The van der Waals surface area contributed by atoms with Gasteiger partial charge in [-0.15, -0.1) is 0 Å². The fourth-order valence-corrected chi connectivity index (χ4v) is 1.60. The number of nitrogens with zero attached hydrogens (tertiary/aromatic N) is 1. The van der Waals surface area contributed by atoms with Crippen molar-refractivity contribution in [2.75, 3.05) is 32.0 Å². The Morgan fingerprint density at radius 2 is 1.89 bits per heavy atom. The Balaban J connectivity index is 2.45. The molecule has 1 rings (SSSR count). The highest BCUT2D eigenvalue weighted by Crippen LogP contribution is 2.09. The number of nitrogens with one attached hydrogen (secondary N) is 1. The molecule has 0 fully saturated rings. The Morgan fingerprint density at radius 3 is 2.42 bits per heavy atom. The van der Waals surface area contributed by atoms with Crippen LogP contribution in [-0.2, 0) is 4.79 Å². The Morgan fingerprint density at radius 1 is 1.26 bits per heavy atom. The first-order valence-electron chi connectivity index (χ1n) is 6.11. The van der Waals surface area contributed by atoms with Crippen LogP contribution in [0.25, 0.3) is 0 Å². The maximum absolute atomic E-state index is 11.7. The number of hydrogen-bond donors (Lipinski definition) is 3. The highest BCUT2D eigenvalue weighted by Gasteiger charge is 2.07. The normalized spacial score (nSPS) is 10.5. The van der Waals surface area contributed by atoms with E-state index >= 15 is 0 Å². The summed E-state index contributed by atoms with van der Waals surface area (Å²) in [7, 11) is 1.87. The van der Waals surface area contributed by atoms with Crippen LogP contribution in [0.1, 0.15) is 16.8 Å². The zero-order chi connectivity index (χ0) is 14.3. The highest BCUT2D eigenvalue weighted by atomic mass is 16.2. The van der Waals surface area contributed by atoms with E-state index < -0.39 is 5.91 Å². The molecule has 0 spiro atoms. The smallest absolute Gasteiger partial charge is 0.248 e. The Bertz CT molecular complexity index is 431. The molecule has 5 N–H and O–H groups in total. The Labute approximate surface area is 112 Å². The number of nitrogens with two attached hydrogens (primary N) is 2. The summed E-state index contributed by atoms with van der Waals surface area (Å²) in [5.41, 5.74) is 11.6. The largest absolute Gasteiger partial charge is 0.366 e. The third-order valence-electron chi connectivity index (χ3n) is 2.61. The minimum absolute atomic E-state index is 0.105. The van der Waals surface area contributed by atoms with Crippen LogP contribution in [-0.4, -0.2) is 43.4 Å². The Hall–Kier alpha value is -1.92. The van der Waals surface area contributed by atoms with Gasteiger partial charge in [0.1, 0.15) is 0 Å². The van der Waals surface area contributed by atoms with Crippen LogP contribution >= 0.6 is 0 Å². The van der Waals surface area contributed by atoms with Crippen LogP contribution in [0.2, 0.25) is 0 Å². The molecule has 0 aliphatic carbocycles. The van der Waals surface area contributed by atoms with Crippen molar-refractivity contribution in [3.05, 3.63) is 29.8 Å². The molecular weight excluding hydrogens is 244 g/mol. The van der Waals surface area contributed by atoms with Gasteiger partial charge >= 0.3 is 0 Å². The molecule has 0 radical (unpaired) electrons. The molecule has 19 heavy (non-hydrogen) atoms. The van der Waals surface area contributed by atoms with Gasteiger partial charge in [0.2, 0.25) is 11.8 Å². The van der Waals surface area contributed by atoms with E-state index in [0.29, 0.717) is 24.3 Å². The summed E-state index contributed by atoms with van der Waals surface area (Å²) in [5.74, 6) is -0.592. The first-order valence-corrected chi connectivity index (χ1v) is 6.11. The van der Waals surface area contributed by atoms with Gasteiger partial charge in [0.05, 0.1) is 6.54 Å². The van der Waals surface area contributed by atoms with Gasteiger partial charge in [-0.3, -0.25) is 14.5 Å². The minimum atomic E-state index is -0.487. The minimum Gasteiger partial charge on any atom is -0.366 e. The van der Waals surface area contributed by atoms with Gasteiger partial charge in [-0.2, -0.15) is 0 Å². The van der Waals surface area contributed by atoms with Crippen molar-refractivity contribution in [1.82, 2.24) is 4.90 Å². The predicted octanol–water partition coefficient (Wildman–Crippen LogP) is 0.00460. The van der Waals surface area contributed by atoms with E-state index in [0.717, 1.165) is 13.0 Å². The molecule has 1 aromatic rings. The lowest BCUT2D eigenvalue weighted by Crippen LogP contribution is -2.31. The summed E-state index contributed by atoms with van der Waals surface area (Å²) in [4.78, 5) is 24.5.